The number of halogens is 1. The lowest BCUT2D eigenvalue weighted by Gasteiger charge is -2.17. The average molecular weight is 1310 g/mol. The molecule has 93 heavy (non-hydrogen) atoms. The summed E-state index contributed by atoms with van der Waals surface area (Å²) < 4.78 is 24.0. The molecule has 0 unspecified atom stereocenters. The van der Waals surface area contributed by atoms with E-state index in [2.05, 4.69) is 66.0 Å². The van der Waals surface area contributed by atoms with Crippen LogP contribution in [0.1, 0.15) is 97.8 Å². The minimum Gasteiger partial charge on any atom is -0.508 e. The quantitative estimate of drug-likeness (QED) is 0.0329. The van der Waals surface area contributed by atoms with E-state index in [1.54, 1.807) is 26.4 Å². The minimum absolute atomic E-state index is 0.0154. The van der Waals surface area contributed by atoms with E-state index in [0.29, 0.717) is 81.8 Å². The number of fused-ring (bicyclic) bond motifs is 4. The van der Waals surface area contributed by atoms with Crippen molar-refractivity contribution in [3.63, 3.8) is 0 Å². The normalized spacial score (nSPS) is 11.1. The number of hydrogen-bond donors (Lipinski definition) is 4. The summed E-state index contributed by atoms with van der Waals surface area (Å²) >= 11 is 3.38. The third kappa shape index (κ3) is 15.9. The van der Waals surface area contributed by atoms with E-state index in [1.807, 2.05) is 127 Å². The number of aromatic nitrogens is 6. The Morgan fingerprint density at radius 1 is 0.333 bits per heavy atom. The van der Waals surface area contributed by atoms with E-state index in [0.717, 1.165) is 86.3 Å². The summed E-state index contributed by atoms with van der Waals surface area (Å²) in [7, 11) is 3.23. The van der Waals surface area contributed by atoms with Crippen LogP contribution >= 0.6 is 15.9 Å². The van der Waals surface area contributed by atoms with Crippen molar-refractivity contribution in [2.24, 2.45) is 0 Å². The van der Waals surface area contributed by atoms with Gasteiger partial charge in [-0.25, -0.2) is 29.9 Å². The Morgan fingerprint density at radius 3 is 1.15 bits per heavy atom. The van der Waals surface area contributed by atoms with E-state index < -0.39 is 0 Å². The molecule has 4 N–H and O–H groups in total. The van der Waals surface area contributed by atoms with Gasteiger partial charge in [-0.3, -0.25) is 0 Å². The Kier molecular flexibility index (Phi) is 23.0. The fraction of sp³-hybridized carbons (Fsp3) is 0.256. The number of alkyl halides is 1. The largest absolute Gasteiger partial charge is 0.508 e. The van der Waals surface area contributed by atoms with Crippen LogP contribution in [0, 0.1) is 0 Å². The monoisotopic (exact) mass is 1310 g/mol. The predicted octanol–water partition coefficient (Wildman–Crippen LogP) is 20.1. The Bertz CT molecular complexity index is 4500. The molecule has 12 rings (SSSR count). The van der Waals surface area contributed by atoms with Gasteiger partial charge in [0.25, 0.3) is 0 Å². The van der Waals surface area contributed by atoms with Gasteiger partial charge in [0.2, 0.25) is 0 Å². The topological polar surface area (TPSA) is 195 Å². The molecule has 0 atom stereocenters. The first-order valence-corrected chi connectivity index (χ1v) is 33.2. The summed E-state index contributed by atoms with van der Waals surface area (Å²) in [6.45, 7) is 7.81. The Hall–Kier alpha value is -9.86. The van der Waals surface area contributed by atoms with Gasteiger partial charge in [0, 0.05) is 17.5 Å². The Balaban J connectivity index is 0.000000190. The molecule has 0 saturated carbocycles. The summed E-state index contributed by atoms with van der Waals surface area (Å²) in [5, 5.41) is 51.5. The number of methoxy groups -OCH3 is 2. The van der Waals surface area contributed by atoms with Crippen LogP contribution in [-0.2, 0) is 0 Å². The molecule has 2 aromatic heterocycles. The lowest BCUT2D eigenvalue weighted by molar-refractivity contribution is 0.303. The second-order valence-electron chi connectivity index (χ2n) is 22.6. The fourth-order valence-electron chi connectivity index (χ4n) is 11.3. The maximum Gasteiger partial charge on any atom is 0.168 e. The van der Waals surface area contributed by atoms with Crippen molar-refractivity contribution in [3.8, 4) is 114 Å². The second-order valence-corrected chi connectivity index (χ2v) is 23.4. The molecule has 0 amide bonds. The molecule has 0 aliphatic rings. The molecular weight excluding hydrogens is 1230 g/mol. The zero-order valence-corrected chi connectivity index (χ0v) is 55.0. The van der Waals surface area contributed by atoms with Crippen LogP contribution < -0.4 is 18.9 Å². The average Bonchev–Trinajstić information content (AvgIpc) is 1.04. The van der Waals surface area contributed by atoms with Crippen molar-refractivity contribution in [2.45, 2.75) is 97.8 Å². The first-order valence-electron chi connectivity index (χ1n) is 32.1. The smallest absolute Gasteiger partial charge is 0.168 e. The molecule has 0 bridgehead atoms. The third-order valence-electron chi connectivity index (χ3n) is 16.1. The van der Waals surface area contributed by atoms with Gasteiger partial charge in [-0.1, -0.05) is 216 Å². The SMILES string of the molecule is CCCCCCBr.CCCCCCOc1ccc(-c2nc(-c3c(OC)ccc4ccccc34)nc(-c3c(OCCCCCC)ccc4ccccc34)n2)c(O)c1.COc1ccc2ccccc2c1-c1nc(-c2ccc(O)cc2O)nc(-c2c(O)ccc3ccccc23)n1. The molecule has 2 heterocycles. The van der Waals surface area contributed by atoms with E-state index in [-0.39, 0.29) is 34.6 Å². The minimum atomic E-state index is -0.185. The number of phenolic OH excluding ortho intramolecular Hbond substituents is 4. The van der Waals surface area contributed by atoms with E-state index in [1.165, 1.54) is 68.5 Å². The highest BCUT2D eigenvalue weighted by atomic mass is 79.9. The van der Waals surface area contributed by atoms with Crippen molar-refractivity contribution in [1.82, 2.24) is 29.9 Å². The molecule has 10 aromatic carbocycles. The molecule has 0 fully saturated rings. The number of phenols is 4. The Morgan fingerprint density at radius 2 is 0.710 bits per heavy atom. The number of nitrogens with zero attached hydrogens (tertiary/aromatic N) is 6. The second kappa shape index (κ2) is 32.4. The number of aromatic hydroxyl groups is 4. The lowest BCUT2D eigenvalue weighted by Crippen LogP contribution is -2.05. The third-order valence-corrected chi connectivity index (χ3v) is 16.7. The maximum absolute atomic E-state index is 11.4. The lowest BCUT2D eigenvalue weighted by atomic mass is 10.0. The molecule has 0 radical (unpaired) electrons. The first-order chi connectivity index (χ1) is 45.5. The molecule has 476 valence electrons. The van der Waals surface area contributed by atoms with Gasteiger partial charge in [-0.15, -0.1) is 0 Å². The van der Waals surface area contributed by atoms with Gasteiger partial charge in [0.15, 0.2) is 34.9 Å². The summed E-state index contributed by atoms with van der Waals surface area (Å²) in [5.41, 5.74) is 3.42. The van der Waals surface area contributed by atoms with Gasteiger partial charge in [0.05, 0.1) is 60.8 Å². The van der Waals surface area contributed by atoms with Gasteiger partial charge in [-0.05, 0) is 111 Å². The van der Waals surface area contributed by atoms with Crippen LogP contribution in [0.4, 0.5) is 0 Å². The zero-order chi connectivity index (χ0) is 65.1. The van der Waals surface area contributed by atoms with Crippen LogP contribution in [-0.4, -0.2) is 83.1 Å². The van der Waals surface area contributed by atoms with Crippen LogP contribution in [0.15, 0.2) is 182 Å². The summed E-state index contributed by atoms with van der Waals surface area (Å²) in [6.07, 6.45) is 14.3. The van der Waals surface area contributed by atoms with E-state index in [9.17, 15) is 20.4 Å². The number of hydrogen-bond acceptors (Lipinski definition) is 14. The van der Waals surface area contributed by atoms with Crippen molar-refractivity contribution in [2.75, 3.05) is 32.8 Å². The van der Waals surface area contributed by atoms with Crippen molar-refractivity contribution >= 4 is 59.0 Å². The van der Waals surface area contributed by atoms with Gasteiger partial charge in [0.1, 0.15) is 46.0 Å². The number of rotatable bonds is 24. The van der Waals surface area contributed by atoms with E-state index in [4.69, 9.17) is 43.9 Å². The number of ether oxygens (including phenoxy) is 4. The Labute approximate surface area is 552 Å². The van der Waals surface area contributed by atoms with Gasteiger partial charge in [-0.2, -0.15) is 0 Å². The van der Waals surface area contributed by atoms with Crippen LogP contribution in [0.5, 0.6) is 46.0 Å². The van der Waals surface area contributed by atoms with E-state index >= 15 is 0 Å². The molecule has 0 aliphatic heterocycles. The molecule has 12 aromatic rings. The van der Waals surface area contributed by atoms with Crippen LogP contribution in [0.25, 0.3) is 111 Å². The predicted molar refractivity (Wildman–Crippen MR) is 379 cm³/mol. The van der Waals surface area contributed by atoms with Crippen molar-refractivity contribution in [3.05, 3.63) is 182 Å². The highest BCUT2D eigenvalue weighted by Crippen LogP contribution is 2.44. The van der Waals surface area contributed by atoms with Crippen LogP contribution in [0.2, 0.25) is 0 Å². The number of unbranched alkanes of at least 4 members (excludes halogenated alkanes) is 9. The summed E-state index contributed by atoms with van der Waals surface area (Å²) in [5.74, 6) is 4.25. The molecule has 15 heteroatoms. The molecule has 0 saturated heterocycles. The standard InChI is InChI=1S/C42H45N3O4.C30H21N3O4.C6H13Br/c1-4-6-8-14-26-48-31-22-23-34(35(46)28-31)40-43-41(38-32-18-12-10-16-29(32)20-24-36(38)47-3)45-42(44-40)39-33-19-13-11-17-30(33)21-25-37(39)49-27-15-9-7-5-2;1-37-25-15-11-18-7-3-5-9-21(18)27(25)30-32-28(22-13-12-19(34)16-24(22)36)31-29(33-30)26-20-8-4-2-6-17(20)10-14-23(26)35;1-2-3-4-5-6-7/h10-13,16-25,28,46H,4-9,14-15,26-27H2,1-3H3;2-16,34-36H,1H3;2-6H2,1H3. The van der Waals surface area contributed by atoms with Gasteiger partial charge < -0.3 is 39.4 Å². The highest BCUT2D eigenvalue weighted by Gasteiger charge is 2.25. The molecule has 14 nitrogen and oxygen atoms in total. The highest BCUT2D eigenvalue weighted by molar-refractivity contribution is 9.09. The first kappa shape index (κ1) is 66.1. The van der Waals surface area contributed by atoms with Gasteiger partial charge >= 0.3 is 0 Å². The summed E-state index contributed by atoms with van der Waals surface area (Å²) in [6, 6.07) is 56.6. The van der Waals surface area contributed by atoms with Crippen molar-refractivity contribution in [1.29, 1.82) is 0 Å². The number of benzene rings is 10. The maximum atomic E-state index is 11.4. The zero-order valence-electron chi connectivity index (χ0n) is 53.4. The fourth-order valence-corrected chi connectivity index (χ4v) is 11.7. The van der Waals surface area contributed by atoms with Crippen LogP contribution in [0.3, 0.4) is 0 Å². The van der Waals surface area contributed by atoms with Crippen molar-refractivity contribution < 1.29 is 39.4 Å². The molecular formula is C78H79BrN6O8. The molecule has 0 spiro atoms. The molecule has 0 aliphatic carbocycles. The summed E-state index contributed by atoms with van der Waals surface area (Å²) in [4.78, 5) is 29.4.